The smallest absolute Gasteiger partial charge is 0.266 e. The quantitative estimate of drug-likeness (QED) is 0.551. The first-order valence-electron chi connectivity index (χ1n) is 5.09. The number of hydrogen-bond donors (Lipinski definition) is 3. The molecule has 0 atom stereocenters. The largest absolute Gasteiger partial charge is 0.369 e. The number of H-pyrrole nitrogens is 1. The minimum atomic E-state index is -4.25. The van der Waals surface area contributed by atoms with Crippen LogP contribution in [-0.4, -0.2) is 42.6 Å². The molecule has 0 radical (unpaired) electrons. The van der Waals surface area contributed by atoms with Gasteiger partial charge in [0.15, 0.2) is 0 Å². The molecule has 20 heavy (non-hydrogen) atoms. The Morgan fingerprint density at radius 1 is 1.25 bits per heavy atom. The summed E-state index contributed by atoms with van der Waals surface area (Å²) in [5.74, 6) is -1.93. The van der Waals surface area contributed by atoms with Crippen molar-refractivity contribution in [2.75, 3.05) is 13.1 Å². The van der Waals surface area contributed by atoms with Crippen molar-refractivity contribution in [2.45, 2.75) is 4.90 Å². The molecule has 9 nitrogen and oxygen atoms in total. The summed E-state index contributed by atoms with van der Waals surface area (Å²) < 4.78 is 24.9. The molecule has 1 rings (SSSR count). The van der Waals surface area contributed by atoms with Crippen molar-refractivity contribution in [1.29, 1.82) is 0 Å². The second kappa shape index (κ2) is 6.03. The van der Waals surface area contributed by atoms with Gasteiger partial charge in [-0.15, -0.1) is 0 Å². The Morgan fingerprint density at radius 3 is 2.15 bits per heavy atom. The summed E-state index contributed by atoms with van der Waals surface area (Å²) in [5.41, 5.74) is 9.15. The lowest BCUT2D eigenvalue weighted by Crippen LogP contribution is -2.43. The van der Waals surface area contributed by atoms with Crippen LogP contribution in [0.15, 0.2) is 22.0 Å². The van der Waals surface area contributed by atoms with E-state index in [0.29, 0.717) is 4.31 Å². The molecule has 11 heteroatoms. The lowest BCUT2D eigenvalue weighted by Gasteiger charge is -2.18. The van der Waals surface area contributed by atoms with Crippen LogP contribution < -0.4 is 17.0 Å². The molecule has 0 aliphatic rings. The van der Waals surface area contributed by atoms with Gasteiger partial charge >= 0.3 is 0 Å². The predicted octanol–water partition coefficient (Wildman–Crippen LogP) is -2.01. The zero-order valence-corrected chi connectivity index (χ0v) is 11.6. The summed E-state index contributed by atoms with van der Waals surface area (Å²) in [5, 5.41) is -0.357. The number of aromatic amines is 1. The molecule has 0 bridgehead atoms. The number of primary amides is 2. The average molecular weight is 323 g/mol. The second-order valence-electron chi connectivity index (χ2n) is 3.72. The molecule has 110 valence electrons. The monoisotopic (exact) mass is 322 g/mol. The van der Waals surface area contributed by atoms with Gasteiger partial charge < -0.3 is 16.5 Å². The number of hydrogen-bond acceptors (Lipinski definition) is 5. The second-order valence-corrected chi connectivity index (χ2v) is 6.06. The number of rotatable bonds is 6. The van der Waals surface area contributed by atoms with Gasteiger partial charge in [0.05, 0.1) is 18.0 Å². The van der Waals surface area contributed by atoms with Crippen molar-refractivity contribution < 1.29 is 18.0 Å². The summed E-state index contributed by atoms with van der Waals surface area (Å²) in [6.07, 6.45) is 0.887. The number of carbonyl (C=O) groups excluding carboxylic acids is 2. The fourth-order valence-electron chi connectivity index (χ4n) is 1.31. The molecule has 0 unspecified atom stereocenters. The number of amides is 2. The van der Waals surface area contributed by atoms with E-state index in [0.717, 1.165) is 12.3 Å². The zero-order valence-electron chi connectivity index (χ0n) is 10.00. The molecule has 1 heterocycles. The maximum absolute atomic E-state index is 12.2. The summed E-state index contributed by atoms with van der Waals surface area (Å²) in [6.45, 7) is -1.47. The van der Waals surface area contributed by atoms with Gasteiger partial charge in [-0.2, -0.15) is 4.31 Å². The average Bonchev–Trinajstić information content (AvgIpc) is 2.30. The third kappa shape index (κ3) is 3.79. The normalized spacial score (nSPS) is 11.5. The minimum absolute atomic E-state index is 0.357. The van der Waals surface area contributed by atoms with Gasteiger partial charge in [0.25, 0.3) is 5.56 Å². The van der Waals surface area contributed by atoms with Crippen LogP contribution in [0.25, 0.3) is 0 Å². The summed E-state index contributed by atoms with van der Waals surface area (Å²) in [4.78, 5) is 34.5. The number of carbonyl (C=O) groups is 2. The lowest BCUT2D eigenvalue weighted by molar-refractivity contribution is -0.120. The molecule has 0 saturated heterocycles. The Morgan fingerprint density at radius 2 is 1.75 bits per heavy atom. The van der Waals surface area contributed by atoms with Gasteiger partial charge in [0.1, 0.15) is 5.02 Å². The van der Waals surface area contributed by atoms with Crippen molar-refractivity contribution in [3.63, 3.8) is 0 Å². The molecule has 1 aromatic heterocycles. The third-order valence-corrected chi connectivity index (χ3v) is 4.18. The molecule has 0 fully saturated rings. The Hall–Kier alpha value is -1.91. The van der Waals surface area contributed by atoms with Gasteiger partial charge in [-0.05, 0) is 6.07 Å². The fraction of sp³-hybridized carbons (Fsp3) is 0.222. The molecule has 0 saturated carbocycles. The van der Waals surface area contributed by atoms with Crippen LogP contribution in [0.1, 0.15) is 0 Å². The molecular weight excluding hydrogens is 312 g/mol. The first-order chi connectivity index (χ1) is 9.14. The van der Waals surface area contributed by atoms with E-state index in [9.17, 15) is 22.8 Å². The van der Waals surface area contributed by atoms with E-state index in [1.807, 2.05) is 0 Å². The van der Waals surface area contributed by atoms with Crippen molar-refractivity contribution in [2.24, 2.45) is 11.5 Å². The molecule has 5 N–H and O–H groups in total. The Balaban J connectivity index is 3.27. The van der Waals surface area contributed by atoms with Crippen LogP contribution in [0.3, 0.4) is 0 Å². The van der Waals surface area contributed by atoms with E-state index in [1.165, 1.54) is 0 Å². The Labute approximate surface area is 118 Å². The fourth-order valence-corrected chi connectivity index (χ4v) is 2.91. The van der Waals surface area contributed by atoms with E-state index in [2.05, 4.69) is 4.98 Å². The van der Waals surface area contributed by atoms with Crippen LogP contribution in [0.2, 0.25) is 5.02 Å². The molecule has 2 amide bonds. The number of nitrogens with one attached hydrogen (secondary N) is 1. The van der Waals surface area contributed by atoms with E-state index >= 15 is 0 Å². The van der Waals surface area contributed by atoms with Crippen LogP contribution in [0, 0.1) is 0 Å². The minimum Gasteiger partial charge on any atom is -0.369 e. The highest BCUT2D eigenvalue weighted by Crippen LogP contribution is 2.16. The third-order valence-electron chi connectivity index (χ3n) is 2.13. The van der Waals surface area contributed by atoms with E-state index in [4.69, 9.17) is 23.1 Å². The van der Waals surface area contributed by atoms with Crippen molar-refractivity contribution in [3.8, 4) is 0 Å². The highest BCUT2D eigenvalue weighted by atomic mass is 35.5. The summed E-state index contributed by atoms with van der Waals surface area (Å²) in [6, 6.07) is 0.894. The molecular formula is C9H11ClN4O5S. The van der Waals surface area contributed by atoms with Gasteiger partial charge in [-0.3, -0.25) is 14.4 Å². The highest BCUT2D eigenvalue weighted by molar-refractivity contribution is 7.89. The topological polar surface area (TPSA) is 156 Å². The van der Waals surface area contributed by atoms with Crippen molar-refractivity contribution in [1.82, 2.24) is 9.29 Å². The Bertz CT molecular complexity index is 683. The highest BCUT2D eigenvalue weighted by Gasteiger charge is 2.28. The maximum atomic E-state index is 12.2. The van der Waals surface area contributed by atoms with Crippen LogP contribution in [0.4, 0.5) is 0 Å². The van der Waals surface area contributed by atoms with E-state index in [-0.39, 0.29) is 5.02 Å². The molecule has 0 aliphatic carbocycles. The van der Waals surface area contributed by atoms with E-state index in [1.54, 1.807) is 0 Å². The summed E-state index contributed by atoms with van der Waals surface area (Å²) >= 11 is 5.53. The standard InChI is InChI=1S/C9H11ClN4O5S/c10-6-1-5(2-13-9(6)17)20(18,19)14(3-7(11)15)4-8(12)16/h1-2H,3-4H2,(H2,11,15)(H2,12,16)(H,13,17). The van der Waals surface area contributed by atoms with E-state index < -0.39 is 45.4 Å². The van der Waals surface area contributed by atoms with Crippen molar-refractivity contribution in [3.05, 3.63) is 27.6 Å². The van der Waals surface area contributed by atoms with Crippen LogP contribution >= 0.6 is 11.6 Å². The molecule has 0 aromatic carbocycles. The molecule has 1 aromatic rings. The zero-order chi connectivity index (χ0) is 15.5. The molecule has 0 aliphatic heterocycles. The number of sulfonamides is 1. The first-order valence-corrected chi connectivity index (χ1v) is 6.91. The molecule has 0 spiro atoms. The van der Waals surface area contributed by atoms with Gasteiger partial charge in [0.2, 0.25) is 21.8 Å². The van der Waals surface area contributed by atoms with Crippen LogP contribution in [-0.2, 0) is 19.6 Å². The first kappa shape index (κ1) is 16.1. The van der Waals surface area contributed by atoms with Crippen molar-refractivity contribution >= 4 is 33.4 Å². The van der Waals surface area contributed by atoms with Gasteiger partial charge in [-0.1, -0.05) is 11.6 Å². The van der Waals surface area contributed by atoms with Gasteiger partial charge in [-0.25, -0.2) is 8.42 Å². The SMILES string of the molecule is NC(=O)CN(CC(N)=O)S(=O)(=O)c1c[nH]c(=O)c(Cl)c1. The Kier molecular flexibility index (Phi) is 4.87. The lowest BCUT2D eigenvalue weighted by atomic mass is 10.5. The number of nitrogens with zero attached hydrogens (tertiary/aromatic N) is 1. The maximum Gasteiger partial charge on any atom is 0.266 e. The predicted molar refractivity (Wildman–Crippen MR) is 69.2 cm³/mol. The number of pyridine rings is 1. The summed E-state index contributed by atoms with van der Waals surface area (Å²) in [7, 11) is -4.25. The van der Waals surface area contributed by atoms with Gasteiger partial charge in [0, 0.05) is 6.20 Å². The number of halogens is 1. The number of nitrogens with two attached hydrogens (primary N) is 2. The number of aromatic nitrogens is 1. The van der Waals surface area contributed by atoms with Crippen LogP contribution in [0.5, 0.6) is 0 Å².